The van der Waals surface area contributed by atoms with Gasteiger partial charge in [-0.2, -0.15) is 0 Å². The maximum Gasteiger partial charge on any atom is 0.147 e. The van der Waals surface area contributed by atoms with Crippen LogP contribution in [0, 0.1) is 12.7 Å². The number of nitrogens with zero attached hydrogens (tertiary/aromatic N) is 2. The zero-order valence-corrected chi connectivity index (χ0v) is 20.0. The van der Waals surface area contributed by atoms with Crippen LogP contribution in [-0.2, 0) is 5.75 Å². The van der Waals surface area contributed by atoms with Gasteiger partial charge in [0.15, 0.2) is 0 Å². The molecule has 1 fully saturated rings. The Bertz CT molecular complexity index is 969. The van der Waals surface area contributed by atoms with E-state index in [1.54, 1.807) is 12.1 Å². The van der Waals surface area contributed by atoms with E-state index in [0.717, 1.165) is 31.9 Å². The number of para-hydroxylation sites is 1. The number of aryl methyl sites for hydroxylation is 1. The topological polar surface area (TPSA) is 6.48 Å². The molecule has 0 amide bonds. The Morgan fingerprint density at radius 2 is 1.45 bits per heavy atom. The highest BCUT2D eigenvalue weighted by Crippen LogP contribution is 2.31. The smallest absolute Gasteiger partial charge is 0.147 e. The molecule has 0 aliphatic carbocycles. The van der Waals surface area contributed by atoms with Crippen LogP contribution in [0.2, 0.25) is 5.02 Å². The van der Waals surface area contributed by atoms with Crippen molar-refractivity contribution in [2.75, 3.05) is 36.0 Å². The number of piperazine rings is 1. The Morgan fingerprint density at radius 3 is 2.10 bits per heavy atom. The minimum absolute atomic E-state index is 0.249. The monoisotopic (exact) mass is 456 g/mol. The molecule has 1 aliphatic rings. The molecule has 0 saturated carbocycles. The molecule has 1 aliphatic heterocycles. The molecular weight excluding hydrogens is 427 g/mol. The molecule has 0 unspecified atom stereocenters. The summed E-state index contributed by atoms with van der Waals surface area (Å²) in [6.45, 7) is 9.43. The third-order valence-electron chi connectivity index (χ3n) is 5.28. The van der Waals surface area contributed by atoms with E-state index >= 15 is 0 Å². The second-order valence-corrected chi connectivity index (χ2v) is 8.79. The van der Waals surface area contributed by atoms with Gasteiger partial charge in [-0.1, -0.05) is 61.3 Å². The van der Waals surface area contributed by atoms with Crippen LogP contribution in [0.1, 0.15) is 25.0 Å². The maximum atomic E-state index is 14.3. The predicted molar refractivity (Wildman–Crippen MR) is 134 cm³/mol. The molecule has 3 aromatic carbocycles. The number of benzene rings is 3. The van der Waals surface area contributed by atoms with Gasteiger partial charge in [0.05, 0.1) is 5.69 Å². The van der Waals surface area contributed by atoms with Crippen LogP contribution < -0.4 is 9.80 Å². The average Bonchev–Trinajstić information content (AvgIpc) is 2.80. The normalized spacial score (nSPS) is 13.6. The summed E-state index contributed by atoms with van der Waals surface area (Å²) in [4.78, 5) is 5.80. The van der Waals surface area contributed by atoms with Gasteiger partial charge >= 0.3 is 0 Å². The van der Waals surface area contributed by atoms with Gasteiger partial charge in [0, 0.05) is 47.5 Å². The molecule has 0 aromatic heterocycles. The number of rotatable bonds is 5. The lowest BCUT2D eigenvalue weighted by Crippen LogP contribution is -2.47. The summed E-state index contributed by atoms with van der Waals surface area (Å²) < 4.78 is 14.3. The Kier molecular flexibility index (Phi) is 8.68. The molecule has 31 heavy (non-hydrogen) atoms. The third kappa shape index (κ3) is 6.18. The lowest BCUT2D eigenvalue weighted by molar-refractivity contribution is 0.597. The van der Waals surface area contributed by atoms with E-state index in [9.17, 15) is 4.39 Å². The van der Waals surface area contributed by atoms with E-state index in [4.69, 9.17) is 11.6 Å². The van der Waals surface area contributed by atoms with E-state index in [1.807, 2.05) is 25.6 Å². The Morgan fingerprint density at radius 1 is 0.839 bits per heavy atom. The second-order valence-electron chi connectivity index (χ2n) is 7.30. The summed E-state index contributed by atoms with van der Waals surface area (Å²) in [6, 6.07) is 22.2. The molecule has 0 spiro atoms. The first kappa shape index (κ1) is 23.5. The molecule has 164 valence electrons. The molecule has 0 radical (unpaired) electrons. The summed E-state index contributed by atoms with van der Waals surface area (Å²) >= 11 is 7.75. The molecule has 5 heteroatoms. The fourth-order valence-electron chi connectivity index (χ4n) is 3.66. The summed E-state index contributed by atoms with van der Waals surface area (Å²) in [5.41, 5.74) is 4.54. The fraction of sp³-hybridized carbons (Fsp3) is 0.308. The van der Waals surface area contributed by atoms with E-state index in [0.29, 0.717) is 10.7 Å². The summed E-state index contributed by atoms with van der Waals surface area (Å²) in [5.74, 6) is 0.687. The van der Waals surface area contributed by atoms with Crippen LogP contribution >= 0.6 is 23.4 Å². The Balaban J connectivity index is 0.00000132. The fourth-order valence-corrected chi connectivity index (χ4v) is 4.72. The van der Waals surface area contributed by atoms with Gasteiger partial charge in [-0.25, -0.2) is 4.39 Å². The Labute approximate surface area is 195 Å². The molecule has 0 bridgehead atoms. The van der Waals surface area contributed by atoms with Crippen LogP contribution in [0.15, 0.2) is 71.6 Å². The zero-order valence-electron chi connectivity index (χ0n) is 18.4. The standard InChI is InChI=1S/C24H24ClFN2S.C2H6/c1-18-6-9-21(10-7-18)29-17-19-4-2-3-5-23(19)27-12-14-28(15-13-27)24-11-8-20(25)16-22(24)26;1-2/h2-11,16H,12-15,17H2,1H3;1-2H3. The van der Waals surface area contributed by atoms with Crippen LogP contribution in [-0.4, -0.2) is 26.2 Å². The van der Waals surface area contributed by atoms with E-state index in [-0.39, 0.29) is 5.82 Å². The highest BCUT2D eigenvalue weighted by atomic mass is 35.5. The lowest BCUT2D eigenvalue weighted by Gasteiger charge is -2.38. The van der Waals surface area contributed by atoms with Crippen molar-refractivity contribution in [1.82, 2.24) is 0 Å². The van der Waals surface area contributed by atoms with Crippen LogP contribution in [0.5, 0.6) is 0 Å². The zero-order chi connectivity index (χ0) is 22.2. The molecule has 1 saturated heterocycles. The van der Waals surface area contributed by atoms with Gasteiger partial charge in [-0.05, 0) is 48.9 Å². The lowest BCUT2D eigenvalue weighted by atomic mass is 10.1. The van der Waals surface area contributed by atoms with Gasteiger partial charge in [0.25, 0.3) is 0 Å². The summed E-state index contributed by atoms with van der Waals surface area (Å²) in [5, 5.41) is 0.435. The number of thioether (sulfide) groups is 1. The molecule has 4 rings (SSSR count). The van der Waals surface area contributed by atoms with Gasteiger partial charge in [0.2, 0.25) is 0 Å². The van der Waals surface area contributed by atoms with Crippen molar-refractivity contribution in [1.29, 1.82) is 0 Å². The summed E-state index contributed by atoms with van der Waals surface area (Å²) in [6.07, 6.45) is 0. The molecular formula is C26H30ClFN2S. The van der Waals surface area contributed by atoms with Gasteiger partial charge < -0.3 is 9.80 Å². The number of hydrogen-bond donors (Lipinski definition) is 0. The van der Waals surface area contributed by atoms with Crippen molar-refractivity contribution >= 4 is 34.7 Å². The van der Waals surface area contributed by atoms with Crippen LogP contribution in [0.4, 0.5) is 15.8 Å². The summed E-state index contributed by atoms with van der Waals surface area (Å²) in [7, 11) is 0. The van der Waals surface area contributed by atoms with Crippen LogP contribution in [0.3, 0.4) is 0 Å². The van der Waals surface area contributed by atoms with Crippen LogP contribution in [0.25, 0.3) is 0 Å². The van der Waals surface area contributed by atoms with Crippen molar-refractivity contribution in [3.63, 3.8) is 0 Å². The minimum atomic E-state index is -0.249. The van der Waals surface area contributed by atoms with Crippen molar-refractivity contribution in [2.24, 2.45) is 0 Å². The third-order valence-corrected chi connectivity index (χ3v) is 6.57. The first-order chi connectivity index (χ1) is 15.1. The maximum absolute atomic E-state index is 14.3. The Hall–Kier alpha value is -2.17. The van der Waals surface area contributed by atoms with Crippen molar-refractivity contribution < 1.29 is 4.39 Å². The molecule has 2 nitrogen and oxygen atoms in total. The molecule has 1 heterocycles. The first-order valence-corrected chi connectivity index (χ1v) is 12.2. The number of hydrogen-bond acceptors (Lipinski definition) is 3. The van der Waals surface area contributed by atoms with E-state index in [1.165, 1.54) is 27.8 Å². The highest BCUT2D eigenvalue weighted by molar-refractivity contribution is 7.98. The van der Waals surface area contributed by atoms with Gasteiger partial charge in [-0.3, -0.25) is 0 Å². The van der Waals surface area contributed by atoms with E-state index in [2.05, 4.69) is 65.3 Å². The second kappa shape index (κ2) is 11.4. The van der Waals surface area contributed by atoms with Crippen molar-refractivity contribution in [3.8, 4) is 0 Å². The molecule has 0 atom stereocenters. The minimum Gasteiger partial charge on any atom is -0.368 e. The average molecular weight is 457 g/mol. The van der Waals surface area contributed by atoms with E-state index < -0.39 is 0 Å². The largest absolute Gasteiger partial charge is 0.368 e. The highest BCUT2D eigenvalue weighted by Gasteiger charge is 2.21. The van der Waals surface area contributed by atoms with Crippen molar-refractivity contribution in [3.05, 3.63) is 88.7 Å². The molecule has 3 aromatic rings. The number of halogens is 2. The SMILES string of the molecule is CC.Cc1ccc(SCc2ccccc2N2CCN(c3ccc(Cl)cc3F)CC2)cc1. The molecule has 0 N–H and O–H groups in total. The number of anilines is 2. The van der Waals surface area contributed by atoms with Gasteiger partial charge in [-0.15, -0.1) is 11.8 Å². The quantitative estimate of drug-likeness (QED) is 0.368. The first-order valence-electron chi connectivity index (χ1n) is 10.8. The van der Waals surface area contributed by atoms with Gasteiger partial charge in [0.1, 0.15) is 5.82 Å². The predicted octanol–water partition coefficient (Wildman–Crippen LogP) is 7.43. The van der Waals surface area contributed by atoms with Crippen molar-refractivity contribution in [2.45, 2.75) is 31.4 Å².